The van der Waals surface area contributed by atoms with E-state index < -0.39 is 4.92 Å². The van der Waals surface area contributed by atoms with Crippen LogP contribution in [0.2, 0.25) is 5.02 Å². The van der Waals surface area contributed by atoms with Crippen LogP contribution in [0.15, 0.2) is 48.5 Å². The molecule has 7 heteroatoms. The molecule has 3 rings (SSSR count). The molecule has 0 bridgehead atoms. The van der Waals surface area contributed by atoms with Gasteiger partial charge in [-0.15, -0.1) is 0 Å². The number of piperidine rings is 1. The SMILES string of the molecule is O=C(NC1CCN(Cc2ccc(Cl)cc2)CC1)c1cccc([N+](=O)[O-])c1. The Balaban J connectivity index is 1.50. The average molecular weight is 374 g/mol. The van der Waals surface area contributed by atoms with E-state index in [4.69, 9.17) is 11.6 Å². The molecule has 1 amide bonds. The summed E-state index contributed by atoms with van der Waals surface area (Å²) in [6, 6.07) is 13.7. The molecular weight excluding hydrogens is 354 g/mol. The van der Waals surface area contributed by atoms with E-state index in [1.165, 1.54) is 23.8 Å². The lowest BCUT2D eigenvalue weighted by Gasteiger charge is -2.32. The Bertz CT molecular complexity index is 787. The molecule has 1 heterocycles. The van der Waals surface area contributed by atoms with Gasteiger partial charge in [-0.2, -0.15) is 0 Å². The molecule has 0 radical (unpaired) electrons. The molecule has 1 aliphatic heterocycles. The summed E-state index contributed by atoms with van der Waals surface area (Å²) in [5.74, 6) is -0.259. The van der Waals surface area contributed by atoms with Crippen molar-refractivity contribution >= 4 is 23.2 Å². The Morgan fingerprint density at radius 3 is 2.54 bits per heavy atom. The van der Waals surface area contributed by atoms with Gasteiger partial charge in [0, 0.05) is 48.4 Å². The molecule has 0 aliphatic carbocycles. The molecule has 6 nitrogen and oxygen atoms in total. The molecule has 1 aliphatic rings. The highest BCUT2D eigenvalue weighted by Crippen LogP contribution is 2.17. The predicted molar refractivity (Wildman–Crippen MR) is 100 cm³/mol. The third-order valence-corrected chi connectivity index (χ3v) is 4.81. The van der Waals surface area contributed by atoms with Gasteiger partial charge in [-0.1, -0.05) is 29.8 Å². The maximum absolute atomic E-state index is 12.3. The lowest BCUT2D eigenvalue weighted by molar-refractivity contribution is -0.384. The third-order valence-electron chi connectivity index (χ3n) is 4.56. The molecule has 2 aromatic rings. The molecule has 0 saturated carbocycles. The van der Waals surface area contributed by atoms with Crippen molar-refractivity contribution in [3.05, 3.63) is 74.8 Å². The Hall–Kier alpha value is -2.44. The third kappa shape index (κ3) is 4.80. The highest BCUT2D eigenvalue weighted by atomic mass is 35.5. The summed E-state index contributed by atoms with van der Waals surface area (Å²) >= 11 is 5.91. The normalized spacial score (nSPS) is 15.6. The van der Waals surface area contributed by atoms with Crippen LogP contribution in [0.5, 0.6) is 0 Å². The molecule has 0 unspecified atom stereocenters. The number of likely N-dealkylation sites (tertiary alicyclic amines) is 1. The standard InChI is InChI=1S/C19H20ClN3O3/c20-16-6-4-14(5-7-16)13-22-10-8-17(9-11-22)21-19(24)15-2-1-3-18(12-15)23(25)26/h1-7,12,17H,8-11,13H2,(H,21,24). The maximum Gasteiger partial charge on any atom is 0.270 e. The van der Waals surface area contributed by atoms with E-state index in [0.29, 0.717) is 5.56 Å². The van der Waals surface area contributed by atoms with E-state index in [9.17, 15) is 14.9 Å². The zero-order chi connectivity index (χ0) is 18.5. The van der Waals surface area contributed by atoms with Crippen LogP contribution in [0.1, 0.15) is 28.8 Å². The van der Waals surface area contributed by atoms with E-state index in [-0.39, 0.29) is 17.6 Å². The number of carbonyl (C=O) groups excluding carboxylic acids is 1. The van der Waals surface area contributed by atoms with Crippen LogP contribution < -0.4 is 5.32 Å². The van der Waals surface area contributed by atoms with Gasteiger partial charge >= 0.3 is 0 Å². The van der Waals surface area contributed by atoms with Gasteiger partial charge in [0.05, 0.1) is 4.92 Å². The van der Waals surface area contributed by atoms with Crippen LogP contribution in [0, 0.1) is 10.1 Å². The van der Waals surface area contributed by atoms with Crippen molar-refractivity contribution in [2.75, 3.05) is 13.1 Å². The van der Waals surface area contributed by atoms with E-state index in [1.807, 2.05) is 24.3 Å². The number of hydrogen-bond acceptors (Lipinski definition) is 4. The van der Waals surface area contributed by atoms with Crippen molar-refractivity contribution in [2.24, 2.45) is 0 Å². The monoisotopic (exact) mass is 373 g/mol. The van der Waals surface area contributed by atoms with E-state index in [2.05, 4.69) is 10.2 Å². The first-order valence-corrected chi connectivity index (χ1v) is 8.91. The Morgan fingerprint density at radius 1 is 1.19 bits per heavy atom. The fourth-order valence-electron chi connectivity index (χ4n) is 3.11. The number of nitro benzene ring substituents is 1. The Kier molecular flexibility index (Phi) is 5.85. The Morgan fingerprint density at radius 2 is 1.88 bits per heavy atom. The number of nitrogens with zero attached hydrogens (tertiary/aromatic N) is 2. The summed E-state index contributed by atoms with van der Waals surface area (Å²) in [5.41, 5.74) is 1.46. The van der Waals surface area contributed by atoms with Crippen LogP contribution in [-0.4, -0.2) is 34.9 Å². The predicted octanol–water partition coefficient (Wildman–Crippen LogP) is 3.64. The number of benzene rings is 2. The topological polar surface area (TPSA) is 75.5 Å². The molecular formula is C19H20ClN3O3. The summed E-state index contributed by atoms with van der Waals surface area (Å²) in [6.45, 7) is 2.65. The minimum Gasteiger partial charge on any atom is -0.349 e. The zero-order valence-corrected chi connectivity index (χ0v) is 15.0. The number of nitro groups is 1. The molecule has 0 aromatic heterocycles. The van der Waals surface area contributed by atoms with Crippen molar-refractivity contribution in [3.63, 3.8) is 0 Å². The second-order valence-corrected chi connectivity index (χ2v) is 6.89. The highest BCUT2D eigenvalue weighted by molar-refractivity contribution is 6.30. The molecule has 0 spiro atoms. The summed E-state index contributed by atoms with van der Waals surface area (Å²) in [5, 5.41) is 14.6. The van der Waals surface area contributed by atoms with Gasteiger partial charge in [0.1, 0.15) is 0 Å². The zero-order valence-electron chi connectivity index (χ0n) is 14.2. The molecule has 1 fully saturated rings. The first kappa shape index (κ1) is 18.4. The number of rotatable bonds is 5. The maximum atomic E-state index is 12.3. The number of amides is 1. The van der Waals surface area contributed by atoms with Gasteiger partial charge in [-0.05, 0) is 36.6 Å². The highest BCUT2D eigenvalue weighted by Gasteiger charge is 2.22. The molecule has 1 N–H and O–H groups in total. The van der Waals surface area contributed by atoms with E-state index >= 15 is 0 Å². The van der Waals surface area contributed by atoms with Crippen molar-refractivity contribution in [1.29, 1.82) is 0 Å². The second-order valence-electron chi connectivity index (χ2n) is 6.46. The van der Waals surface area contributed by atoms with Gasteiger partial charge in [-0.3, -0.25) is 19.8 Å². The van der Waals surface area contributed by atoms with Crippen molar-refractivity contribution in [3.8, 4) is 0 Å². The van der Waals surface area contributed by atoms with Crippen molar-refractivity contribution < 1.29 is 9.72 Å². The number of nitrogens with one attached hydrogen (secondary N) is 1. The largest absolute Gasteiger partial charge is 0.349 e. The van der Waals surface area contributed by atoms with Gasteiger partial charge in [0.2, 0.25) is 0 Å². The second kappa shape index (κ2) is 8.29. The Labute approximate surface area is 156 Å². The lowest BCUT2D eigenvalue weighted by Crippen LogP contribution is -2.44. The van der Waals surface area contributed by atoms with Gasteiger partial charge in [0.25, 0.3) is 11.6 Å². The number of carbonyl (C=O) groups is 1. The quantitative estimate of drug-likeness (QED) is 0.641. The molecule has 136 valence electrons. The van der Waals surface area contributed by atoms with Gasteiger partial charge in [-0.25, -0.2) is 0 Å². The molecule has 2 aromatic carbocycles. The van der Waals surface area contributed by atoms with Crippen molar-refractivity contribution in [1.82, 2.24) is 10.2 Å². The first-order valence-electron chi connectivity index (χ1n) is 8.53. The molecule has 26 heavy (non-hydrogen) atoms. The van der Waals surface area contributed by atoms with Crippen molar-refractivity contribution in [2.45, 2.75) is 25.4 Å². The fraction of sp³-hybridized carbons (Fsp3) is 0.316. The first-order chi connectivity index (χ1) is 12.5. The summed E-state index contributed by atoms with van der Waals surface area (Å²) < 4.78 is 0. The van der Waals surface area contributed by atoms with Crippen LogP contribution >= 0.6 is 11.6 Å². The summed E-state index contributed by atoms with van der Waals surface area (Å²) in [6.07, 6.45) is 1.71. The molecule has 1 saturated heterocycles. The van der Waals surface area contributed by atoms with Crippen LogP contribution in [0.3, 0.4) is 0 Å². The summed E-state index contributed by atoms with van der Waals surface area (Å²) in [4.78, 5) is 25.0. The van der Waals surface area contributed by atoms with E-state index in [0.717, 1.165) is 37.5 Å². The van der Waals surface area contributed by atoms with Gasteiger partial charge in [0.15, 0.2) is 0 Å². The van der Waals surface area contributed by atoms with Crippen LogP contribution in [0.4, 0.5) is 5.69 Å². The number of non-ortho nitro benzene ring substituents is 1. The fourth-order valence-corrected chi connectivity index (χ4v) is 3.24. The number of halogens is 1. The minimum atomic E-state index is -0.494. The average Bonchev–Trinajstić information content (AvgIpc) is 2.65. The smallest absolute Gasteiger partial charge is 0.270 e. The van der Waals surface area contributed by atoms with Crippen LogP contribution in [0.25, 0.3) is 0 Å². The van der Waals surface area contributed by atoms with E-state index in [1.54, 1.807) is 6.07 Å². The van der Waals surface area contributed by atoms with Gasteiger partial charge < -0.3 is 5.32 Å². The lowest BCUT2D eigenvalue weighted by atomic mass is 10.0. The minimum absolute atomic E-state index is 0.0737. The van der Waals surface area contributed by atoms with Crippen LogP contribution in [-0.2, 0) is 6.54 Å². The summed E-state index contributed by atoms with van der Waals surface area (Å²) in [7, 11) is 0. The number of hydrogen-bond donors (Lipinski definition) is 1. The molecule has 0 atom stereocenters.